The van der Waals surface area contributed by atoms with Gasteiger partial charge in [-0.2, -0.15) is 0 Å². The van der Waals surface area contributed by atoms with Gasteiger partial charge in [0.2, 0.25) is 17.8 Å². The number of piperidine rings is 1. The molecule has 1 aliphatic carbocycles. The highest BCUT2D eigenvalue weighted by molar-refractivity contribution is 6.23. The molecule has 1 saturated carbocycles. The van der Waals surface area contributed by atoms with E-state index in [1.54, 1.807) is 36.5 Å². The van der Waals surface area contributed by atoms with Gasteiger partial charge in [0.05, 0.1) is 35.4 Å². The molecule has 5 aliphatic rings. The molecule has 1 spiro atoms. The van der Waals surface area contributed by atoms with Crippen LogP contribution < -0.4 is 25.0 Å². The van der Waals surface area contributed by atoms with Gasteiger partial charge in [-0.25, -0.2) is 14.4 Å². The molecule has 13 nitrogen and oxygen atoms in total. The number of amides is 4. The van der Waals surface area contributed by atoms with Crippen LogP contribution in [-0.2, 0) is 20.9 Å². The van der Waals surface area contributed by atoms with E-state index in [0.29, 0.717) is 25.1 Å². The summed E-state index contributed by atoms with van der Waals surface area (Å²) >= 11 is 0. The van der Waals surface area contributed by atoms with E-state index >= 15 is 4.39 Å². The van der Waals surface area contributed by atoms with Crippen molar-refractivity contribution < 1.29 is 37.8 Å². The number of hydrogen-bond acceptors (Lipinski definition) is 11. The molecule has 4 aliphatic heterocycles. The minimum Gasteiger partial charge on any atom is -0.487 e. The van der Waals surface area contributed by atoms with Gasteiger partial charge in [-0.1, -0.05) is 25.1 Å². The first-order chi connectivity index (χ1) is 27.1. The van der Waals surface area contributed by atoms with Crippen molar-refractivity contribution >= 4 is 35.3 Å². The quantitative estimate of drug-likeness (QED) is 0.188. The Labute approximate surface area is 322 Å². The first-order valence-electron chi connectivity index (χ1n) is 19.1. The molecule has 56 heavy (non-hydrogen) atoms. The fourth-order valence-corrected chi connectivity index (χ4v) is 8.30. The van der Waals surface area contributed by atoms with Gasteiger partial charge in [-0.15, -0.1) is 0 Å². The number of rotatable bonds is 12. The van der Waals surface area contributed by atoms with Crippen molar-refractivity contribution in [1.82, 2.24) is 20.2 Å². The molecule has 3 aromatic carbocycles. The summed E-state index contributed by atoms with van der Waals surface area (Å²) in [6, 6.07) is 18.8. The van der Waals surface area contributed by atoms with E-state index in [1.807, 2.05) is 36.4 Å². The van der Waals surface area contributed by atoms with Crippen LogP contribution in [0.4, 0.5) is 16.0 Å². The minimum atomic E-state index is -1.02. The van der Waals surface area contributed by atoms with Crippen LogP contribution in [0.15, 0.2) is 72.9 Å². The lowest BCUT2D eigenvalue weighted by Gasteiger charge is -2.54. The molecule has 3 saturated heterocycles. The van der Waals surface area contributed by atoms with Crippen LogP contribution in [0.2, 0.25) is 0 Å². The van der Waals surface area contributed by atoms with E-state index < -0.39 is 35.5 Å². The van der Waals surface area contributed by atoms with Gasteiger partial charge in [-0.05, 0) is 72.5 Å². The van der Waals surface area contributed by atoms with Crippen molar-refractivity contribution in [2.45, 2.75) is 69.7 Å². The highest BCUT2D eigenvalue weighted by atomic mass is 19.1. The molecular formula is C42H41FN6O7. The molecule has 5 heterocycles. The number of nitrogens with zero attached hydrogens (tertiary/aromatic N) is 4. The molecule has 0 radical (unpaired) electrons. The SMILES string of the molecule is CC[C@H](c1ccc(OCc2ccnc(N3CC4(COC4)C3)n2)cc1)c1ccc(OC2CC(Nc3ccc4c(c3)C(=O)N([C@@H]3CCC(=O)NC3=O)C4=O)C2)c(F)c1. The van der Waals surface area contributed by atoms with Gasteiger partial charge >= 0.3 is 0 Å². The number of carbonyl (C=O) groups is 4. The minimum absolute atomic E-state index is 0.0132. The van der Waals surface area contributed by atoms with Crippen molar-refractivity contribution in [1.29, 1.82) is 0 Å². The zero-order valence-corrected chi connectivity index (χ0v) is 30.8. The second-order valence-corrected chi connectivity index (χ2v) is 15.5. The molecule has 0 unspecified atom stereocenters. The second kappa shape index (κ2) is 14.3. The Morgan fingerprint density at radius 2 is 1.73 bits per heavy atom. The van der Waals surface area contributed by atoms with Crippen LogP contribution in [0, 0.1) is 11.2 Å². The van der Waals surface area contributed by atoms with Crippen molar-refractivity contribution in [3.8, 4) is 11.5 Å². The highest BCUT2D eigenvalue weighted by Crippen LogP contribution is 2.39. The van der Waals surface area contributed by atoms with Crippen molar-refractivity contribution in [3.05, 3.63) is 107 Å². The van der Waals surface area contributed by atoms with Crippen molar-refractivity contribution in [2.24, 2.45) is 5.41 Å². The summed E-state index contributed by atoms with van der Waals surface area (Å²) in [6.07, 6.45) is 3.75. The fraction of sp³-hybridized carbons (Fsp3) is 0.381. The topological polar surface area (TPSA) is 152 Å². The van der Waals surface area contributed by atoms with Gasteiger partial charge in [0.25, 0.3) is 11.8 Å². The lowest BCUT2D eigenvalue weighted by molar-refractivity contribution is -0.136. The molecular weight excluding hydrogens is 719 g/mol. The van der Waals surface area contributed by atoms with Crippen LogP contribution in [0.3, 0.4) is 0 Å². The summed E-state index contributed by atoms with van der Waals surface area (Å²) in [5.41, 5.74) is 4.08. The lowest BCUT2D eigenvalue weighted by Crippen LogP contribution is -2.66. The third-order valence-electron chi connectivity index (χ3n) is 11.5. The third kappa shape index (κ3) is 6.71. The molecule has 4 fully saturated rings. The zero-order chi connectivity index (χ0) is 38.6. The summed E-state index contributed by atoms with van der Waals surface area (Å²) in [4.78, 5) is 62.4. The van der Waals surface area contributed by atoms with Gasteiger partial charge in [0, 0.05) is 56.2 Å². The number of imide groups is 2. The van der Waals surface area contributed by atoms with Gasteiger partial charge in [0.1, 0.15) is 24.5 Å². The predicted molar refractivity (Wildman–Crippen MR) is 201 cm³/mol. The third-order valence-corrected chi connectivity index (χ3v) is 11.5. The standard InChI is InChI=1S/C42H41FN6O7/c1-2-31(24-3-7-29(8-4-24)55-19-27-13-14-44-41(46-27)48-20-42(21-48)22-54-23-42)25-5-11-36(34(43)15-25)56-30-16-28(17-30)45-26-6-9-32-33(18-26)40(53)49(39(32)52)35-10-12-37(50)47-38(35)51/h3-9,11,13-15,18,28,30-31,35,45H,2,10,12,16-17,19-23H2,1H3,(H,47,50,51)/t28?,30?,31-,35-/m1/s1. The Morgan fingerprint density at radius 3 is 2.45 bits per heavy atom. The normalized spacial score (nSPS) is 22.8. The molecule has 288 valence electrons. The molecule has 4 aromatic rings. The van der Waals surface area contributed by atoms with Gasteiger partial charge in [0.15, 0.2) is 11.6 Å². The maximum atomic E-state index is 15.4. The summed E-state index contributed by atoms with van der Waals surface area (Å²) in [5.74, 6) is -0.964. The van der Waals surface area contributed by atoms with E-state index in [4.69, 9.17) is 19.2 Å². The van der Waals surface area contributed by atoms with E-state index in [2.05, 4.69) is 27.4 Å². The maximum absolute atomic E-state index is 15.4. The van der Waals surface area contributed by atoms with Gasteiger partial charge in [-0.3, -0.25) is 29.4 Å². The van der Waals surface area contributed by atoms with Crippen LogP contribution in [0.1, 0.15) is 82.5 Å². The summed E-state index contributed by atoms with van der Waals surface area (Å²) in [6.45, 7) is 5.86. The van der Waals surface area contributed by atoms with Crippen LogP contribution in [-0.4, -0.2) is 83.0 Å². The monoisotopic (exact) mass is 760 g/mol. The highest BCUT2D eigenvalue weighted by Gasteiger charge is 2.50. The maximum Gasteiger partial charge on any atom is 0.262 e. The summed E-state index contributed by atoms with van der Waals surface area (Å²) in [5, 5.41) is 5.58. The van der Waals surface area contributed by atoms with Crippen LogP contribution in [0.5, 0.6) is 11.5 Å². The zero-order valence-electron chi connectivity index (χ0n) is 30.8. The van der Waals surface area contributed by atoms with Crippen LogP contribution >= 0.6 is 0 Å². The molecule has 4 amide bonds. The number of hydrogen-bond donors (Lipinski definition) is 2. The average molecular weight is 761 g/mol. The number of carbonyl (C=O) groups excluding carboxylic acids is 4. The first kappa shape index (κ1) is 35.8. The summed E-state index contributed by atoms with van der Waals surface area (Å²) in [7, 11) is 0. The molecule has 0 bridgehead atoms. The van der Waals surface area contributed by atoms with E-state index in [-0.39, 0.29) is 53.2 Å². The Bertz CT molecular complexity index is 2220. The number of aromatic nitrogens is 2. The molecule has 14 heteroatoms. The lowest BCUT2D eigenvalue weighted by atomic mass is 9.78. The Hall–Kier alpha value is -5.89. The average Bonchev–Trinajstić information content (AvgIpc) is 3.38. The molecule has 1 aromatic heterocycles. The van der Waals surface area contributed by atoms with Crippen molar-refractivity contribution in [3.63, 3.8) is 0 Å². The Kier molecular flexibility index (Phi) is 9.15. The Balaban J connectivity index is 0.762. The number of ether oxygens (including phenoxy) is 3. The molecule has 2 N–H and O–H groups in total. The molecule has 2 atom stereocenters. The molecule has 9 rings (SSSR count). The summed E-state index contributed by atoms with van der Waals surface area (Å²) < 4.78 is 32.9. The fourth-order valence-electron chi connectivity index (χ4n) is 8.30. The number of benzene rings is 3. The van der Waals surface area contributed by atoms with Crippen molar-refractivity contribution in [2.75, 3.05) is 36.5 Å². The smallest absolute Gasteiger partial charge is 0.262 e. The van der Waals surface area contributed by atoms with E-state index in [0.717, 1.165) is 66.1 Å². The Morgan fingerprint density at radius 1 is 0.964 bits per heavy atom. The number of nitrogens with one attached hydrogen (secondary N) is 2. The predicted octanol–water partition coefficient (Wildman–Crippen LogP) is 5.00. The number of halogens is 1. The van der Waals surface area contributed by atoms with Crippen LogP contribution in [0.25, 0.3) is 0 Å². The van der Waals surface area contributed by atoms with Gasteiger partial charge < -0.3 is 24.4 Å². The number of fused-ring (bicyclic) bond motifs is 1. The second-order valence-electron chi connectivity index (χ2n) is 15.5. The number of anilines is 2. The van der Waals surface area contributed by atoms with E-state index in [1.165, 1.54) is 0 Å². The first-order valence-corrected chi connectivity index (χ1v) is 19.1. The van der Waals surface area contributed by atoms with E-state index in [9.17, 15) is 19.2 Å². The largest absolute Gasteiger partial charge is 0.487 e.